The molecule has 0 aliphatic carbocycles. The summed E-state index contributed by atoms with van der Waals surface area (Å²) in [5.74, 6) is -0.425. The summed E-state index contributed by atoms with van der Waals surface area (Å²) in [5.41, 5.74) is 4.29. The number of nitrogens with zero attached hydrogens (tertiary/aromatic N) is 4. The van der Waals surface area contributed by atoms with Crippen LogP contribution >= 0.6 is 0 Å². The summed E-state index contributed by atoms with van der Waals surface area (Å²) in [6, 6.07) is 10.1. The number of benzene rings is 1. The Morgan fingerprint density at radius 3 is 2.65 bits per heavy atom. The van der Waals surface area contributed by atoms with Gasteiger partial charge in [0.25, 0.3) is 0 Å². The van der Waals surface area contributed by atoms with Crippen LogP contribution in [0.1, 0.15) is 60.3 Å². The fourth-order valence-corrected chi connectivity index (χ4v) is 4.44. The average molecular weight is 465 g/mol. The molecule has 1 fully saturated rings. The minimum Gasteiger partial charge on any atom is -0.342 e. The maximum Gasteiger partial charge on any atom is 0.243 e. The van der Waals surface area contributed by atoms with E-state index in [-0.39, 0.29) is 25.3 Å². The summed E-state index contributed by atoms with van der Waals surface area (Å²) >= 11 is 0. The maximum atomic E-state index is 14.4. The fourth-order valence-electron chi connectivity index (χ4n) is 4.44. The molecule has 0 spiro atoms. The standard InChI is InChI=1S/C25H29FN6O2/c1-15(2)20-13-27-21(9-16(20)3)24(17-7-5-4-6-8-17)29-25(34)22-10-18(26)14-32(22)23(33)11-19-12-28-31-30-19/h4-9,12-13,15,18,22,24H,10-11,14H2,1-3H3,(H,29,34)(H,28,30,31). The van der Waals surface area contributed by atoms with Crippen LogP contribution in [0, 0.1) is 6.92 Å². The molecule has 2 aromatic heterocycles. The fraction of sp³-hybridized carbons (Fsp3) is 0.400. The molecule has 9 heteroatoms. The molecule has 8 nitrogen and oxygen atoms in total. The van der Waals surface area contributed by atoms with Crippen molar-refractivity contribution >= 4 is 11.8 Å². The quantitative estimate of drug-likeness (QED) is 0.559. The van der Waals surface area contributed by atoms with Crippen LogP contribution in [-0.4, -0.2) is 55.9 Å². The first-order chi connectivity index (χ1) is 16.3. The monoisotopic (exact) mass is 464 g/mol. The molecule has 1 aliphatic heterocycles. The summed E-state index contributed by atoms with van der Waals surface area (Å²) in [6.45, 7) is 6.13. The van der Waals surface area contributed by atoms with Gasteiger partial charge in [0.15, 0.2) is 0 Å². The molecule has 2 N–H and O–H groups in total. The zero-order chi connectivity index (χ0) is 24.2. The van der Waals surface area contributed by atoms with E-state index in [2.05, 4.69) is 39.6 Å². The number of likely N-dealkylation sites (tertiary alicyclic amines) is 1. The molecule has 0 bridgehead atoms. The molecule has 3 atom stereocenters. The highest BCUT2D eigenvalue weighted by Crippen LogP contribution is 2.27. The Morgan fingerprint density at radius 2 is 2.00 bits per heavy atom. The molecule has 4 rings (SSSR count). The molecule has 1 aromatic carbocycles. The summed E-state index contributed by atoms with van der Waals surface area (Å²) in [4.78, 5) is 32.2. The zero-order valence-corrected chi connectivity index (χ0v) is 19.5. The van der Waals surface area contributed by atoms with Crippen LogP contribution in [0.4, 0.5) is 4.39 Å². The number of pyridine rings is 1. The van der Waals surface area contributed by atoms with Crippen molar-refractivity contribution in [3.8, 4) is 0 Å². The number of hydrogen-bond acceptors (Lipinski definition) is 5. The molecular formula is C25H29FN6O2. The van der Waals surface area contributed by atoms with Crippen LogP contribution in [0.3, 0.4) is 0 Å². The lowest BCUT2D eigenvalue weighted by atomic mass is 9.96. The highest BCUT2D eigenvalue weighted by atomic mass is 19.1. The molecule has 1 aliphatic rings. The van der Waals surface area contributed by atoms with Crippen molar-refractivity contribution in [2.75, 3.05) is 6.54 Å². The van der Waals surface area contributed by atoms with Gasteiger partial charge in [0.1, 0.15) is 12.2 Å². The Morgan fingerprint density at radius 1 is 1.24 bits per heavy atom. The third-order valence-electron chi connectivity index (χ3n) is 6.19. The number of aromatic amines is 1. The van der Waals surface area contributed by atoms with Crippen molar-refractivity contribution in [2.24, 2.45) is 0 Å². The van der Waals surface area contributed by atoms with Crippen LogP contribution in [0.25, 0.3) is 0 Å². The van der Waals surface area contributed by atoms with Crippen molar-refractivity contribution in [2.45, 2.75) is 57.8 Å². The molecule has 2 amide bonds. The number of hydrogen-bond donors (Lipinski definition) is 2. The van der Waals surface area contributed by atoms with Gasteiger partial charge in [-0.05, 0) is 35.6 Å². The van der Waals surface area contributed by atoms with Crippen molar-refractivity contribution in [3.63, 3.8) is 0 Å². The number of H-pyrrole nitrogens is 1. The summed E-state index contributed by atoms with van der Waals surface area (Å²) in [5, 5.41) is 12.9. The molecule has 0 radical (unpaired) electrons. The Labute approximate surface area is 198 Å². The lowest BCUT2D eigenvalue weighted by Gasteiger charge is -2.27. The Bertz CT molecular complexity index is 1140. The average Bonchev–Trinajstić information content (AvgIpc) is 3.47. The van der Waals surface area contributed by atoms with Crippen LogP contribution in [0.15, 0.2) is 48.8 Å². The zero-order valence-electron chi connectivity index (χ0n) is 19.5. The summed E-state index contributed by atoms with van der Waals surface area (Å²) in [6.07, 6.45) is 1.96. The Kier molecular flexibility index (Phi) is 7.00. The predicted molar refractivity (Wildman–Crippen MR) is 125 cm³/mol. The van der Waals surface area contributed by atoms with Gasteiger partial charge in [-0.25, -0.2) is 4.39 Å². The van der Waals surface area contributed by atoms with Crippen LogP contribution in [0.5, 0.6) is 0 Å². The number of amides is 2. The van der Waals surface area contributed by atoms with Gasteiger partial charge in [-0.3, -0.25) is 19.7 Å². The lowest BCUT2D eigenvalue weighted by Crippen LogP contribution is -2.47. The SMILES string of the molecule is Cc1cc(C(NC(=O)C2CC(F)CN2C(=O)Cc2cnn[nH]2)c2ccccc2)ncc1C(C)C. The van der Waals surface area contributed by atoms with Gasteiger partial charge in [0.2, 0.25) is 11.8 Å². The van der Waals surface area contributed by atoms with Gasteiger partial charge in [0, 0.05) is 12.6 Å². The van der Waals surface area contributed by atoms with E-state index < -0.39 is 24.2 Å². The first-order valence-electron chi connectivity index (χ1n) is 11.4. The molecule has 178 valence electrons. The van der Waals surface area contributed by atoms with E-state index in [4.69, 9.17) is 0 Å². The minimum absolute atomic E-state index is 0.0248. The van der Waals surface area contributed by atoms with E-state index in [1.54, 1.807) is 0 Å². The van der Waals surface area contributed by atoms with Crippen LogP contribution in [-0.2, 0) is 16.0 Å². The predicted octanol–water partition coefficient (Wildman–Crippen LogP) is 3.02. The van der Waals surface area contributed by atoms with Crippen LogP contribution < -0.4 is 5.32 Å². The largest absolute Gasteiger partial charge is 0.342 e. The maximum absolute atomic E-state index is 14.4. The van der Waals surface area contributed by atoms with Crippen molar-refractivity contribution < 1.29 is 14.0 Å². The van der Waals surface area contributed by atoms with Crippen molar-refractivity contribution in [3.05, 3.63) is 76.9 Å². The first kappa shape index (κ1) is 23.5. The molecular weight excluding hydrogens is 435 g/mol. The van der Waals surface area contributed by atoms with Gasteiger partial charge in [0.05, 0.1) is 36.6 Å². The van der Waals surface area contributed by atoms with Gasteiger partial charge < -0.3 is 10.2 Å². The van der Waals surface area contributed by atoms with Crippen molar-refractivity contribution in [1.29, 1.82) is 0 Å². The van der Waals surface area contributed by atoms with Crippen LogP contribution in [0.2, 0.25) is 0 Å². The van der Waals surface area contributed by atoms with E-state index >= 15 is 0 Å². The number of nitrogens with one attached hydrogen (secondary N) is 2. The van der Waals surface area contributed by atoms with Gasteiger partial charge in [-0.1, -0.05) is 49.4 Å². The first-order valence-corrected chi connectivity index (χ1v) is 11.4. The molecule has 3 aromatic rings. The number of alkyl halides is 1. The number of carbonyl (C=O) groups is 2. The Balaban J connectivity index is 1.59. The summed E-state index contributed by atoms with van der Waals surface area (Å²) < 4.78 is 14.4. The van der Waals surface area contributed by atoms with Crippen molar-refractivity contribution in [1.82, 2.24) is 30.6 Å². The second-order valence-electron chi connectivity index (χ2n) is 9.03. The van der Waals surface area contributed by atoms with E-state index in [9.17, 15) is 14.0 Å². The van der Waals surface area contributed by atoms with E-state index in [0.29, 0.717) is 17.3 Å². The van der Waals surface area contributed by atoms with E-state index in [1.807, 2.05) is 49.5 Å². The minimum atomic E-state index is -1.26. The van der Waals surface area contributed by atoms with Gasteiger partial charge >= 0.3 is 0 Å². The molecule has 3 heterocycles. The third kappa shape index (κ3) is 5.13. The number of carbonyl (C=O) groups excluding carboxylic acids is 2. The lowest BCUT2D eigenvalue weighted by molar-refractivity contribution is -0.138. The molecule has 0 saturated carbocycles. The summed E-state index contributed by atoms with van der Waals surface area (Å²) in [7, 11) is 0. The molecule has 1 saturated heterocycles. The highest BCUT2D eigenvalue weighted by Gasteiger charge is 2.40. The second-order valence-corrected chi connectivity index (χ2v) is 9.03. The van der Waals surface area contributed by atoms with E-state index in [0.717, 1.165) is 16.7 Å². The number of halogens is 1. The second kappa shape index (κ2) is 10.1. The topological polar surface area (TPSA) is 104 Å². The number of aromatic nitrogens is 4. The highest BCUT2D eigenvalue weighted by molar-refractivity contribution is 5.89. The molecule has 3 unspecified atom stereocenters. The number of rotatable bonds is 7. The van der Waals surface area contributed by atoms with E-state index in [1.165, 1.54) is 11.1 Å². The normalized spacial score (nSPS) is 18.8. The van der Waals surface area contributed by atoms with Gasteiger partial charge in [-0.2, -0.15) is 0 Å². The molecule has 34 heavy (non-hydrogen) atoms. The number of aryl methyl sites for hydroxylation is 1. The smallest absolute Gasteiger partial charge is 0.243 e. The van der Waals surface area contributed by atoms with Gasteiger partial charge in [-0.15, -0.1) is 5.10 Å². The third-order valence-corrected chi connectivity index (χ3v) is 6.19. The Hall–Kier alpha value is -3.62.